The average molecular weight is 722 g/mol. The number of hydrogen-bond donors (Lipinski definition) is 7. The molecule has 8 amide bonds. The van der Waals surface area contributed by atoms with Crippen LogP contribution in [0.2, 0.25) is 0 Å². The highest BCUT2D eigenvalue weighted by atomic mass is 32.2. The molecule has 0 spiro atoms. The van der Waals surface area contributed by atoms with E-state index in [4.69, 9.17) is 21.9 Å². The highest BCUT2D eigenvalue weighted by Gasteiger charge is 2.38. The van der Waals surface area contributed by atoms with Gasteiger partial charge in [-0.25, -0.2) is 0 Å². The van der Waals surface area contributed by atoms with E-state index in [1.54, 1.807) is 30.3 Å². The summed E-state index contributed by atoms with van der Waals surface area (Å²) in [7, 11) is 2.78. The molecule has 19 heteroatoms. The molecule has 1 fully saturated rings. The molecule has 0 radical (unpaired) electrons. The lowest BCUT2D eigenvalue weighted by Crippen LogP contribution is -2.58. The molecule has 1 aliphatic rings. The van der Waals surface area contributed by atoms with Crippen LogP contribution < -0.4 is 38.5 Å². The smallest absolute Gasteiger partial charge is 0.246 e. The summed E-state index contributed by atoms with van der Waals surface area (Å²) in [6.07, 6.45) is 0.385. The molecule has 0 aromatic heterocycles. The first kappa shape index (κ1) is 41.4. The van der Waals surface area contributed by atoms with Crippen molar-refractivity contribution in [2.24, 2.45) is 17.2 Å². The van der Waals surface area contributed by atoms with Crippen LogP contribution in [0.15, 0.2) is 30.3 Å². The zero-order valence-electron chi connectivity index (χ0n) is 28.3. The van der Waals surface area contributed by atoms with Crippen molar-refractivity contribution in [3.8, 4) is 0 Å². The van der Waals surface area contributed by atoms with Crippen LogP contribution in [0.4, 0.5) is 0 Å². The van der Waals surface area contributed by atoms with Crippen molar-refractivity contribution in [1.29, 1.82) is 0 Å². The number of nitrogens with two attached hydrogens (primary N) is 3. The predicted octanol–water partition coefficient (Wildman–Crippen LogP) is -3.71. The lowest BCUT2D eigenvalue weighted by molar-refractivity contribution is -0.144. The summed E-state index contributed by atoms with van der Waals surface area (Å²) in [6, 6.07) is 3.47. The zero-order chi connectivity index (χ0) is 37.4. The van der Waals surface area contributed by atoms with Crippen LogP contribution in [0.25, 0.3) is 0 Å². The minimum atomic E-state index is -1.40. The number of likely N-dealkylation sites (N-methyl/N-ethyl adjacent to an activating group) is 1. The number of hydrogen-bond acceptors (Lipinski definition) is 11. The van der Waals surface area contributed by atoms with Crippen molar-refractivity contribution in [3.05, 3.63) is 35.9 Å². The molecule has 2 rings (SSSR count). The van der Waals surface area contributed by atoms with Gasteiger partial charge in [0, 0.05) is 32.9 Å². The molecule has 1 aromatic rings. The second-order valence-electron chi connectivity index (χ2n) is 11.6. The molecule has 1 heterocycles. The average Bonchev–Trinajstić information content (AvgIpc) is 3.57. The third-order valence-corrected chi connectivity index (χ3v) is 8.89. The number of nitrogens with one attached hydrogen (secondary N) is 4. The molecule has 0 saturated carbocycles. The Morgan fingerprint density at radius 1 is 0.960 bits per heavy atom. The first-order valence-corrected chi connectivity index (χ1v) is 17.0. The summed E-state index contributed by atoms with van der Waals surface area (Å²) in [6.45, 7) is 1.28. The van der Waals surface area contributed by atoms with Gasteiger partial charge in [0.25, 0.3) is 0 Å². The van der Waals surface area contributed by atoms with Crippen molar-refractivity contribution >= 4 is 59.0 Å². The third-order valence-electron chi connectivity index (χ3n) is 7.85. The second-order valence-corrected chi connectivity index (χ2v) is 12.7. The van der Waals surface area contributed by atoms with Gasteiger partial charge in [0.05, 0.1) is 31.5 Å². The van der Waals surface area contributed by atoms with Crippen molar-refractivity contribution in [3.63, 3.8) is 0 Å². The maximum atomic E-state index is 13.8. The van der Waals surface area contributed by atoms with Crippen molar-refractivity contribution < 1.29 is 43.1 Å². The van der Waals surface area contributed by atoms with Crippen LogP contribution in [0, 0.1) is 0 Å². The molecular formula is C31H47N9O9S. The molecule has 5 atom stereocenters. The van der Waals surface area contributed by atoms with Gasteiger partial charge in [0.1, 0.15) is 24.2 Å². The quantitative estimate of drug-likeness (QED) is 0.0607. The number of methoxy groups -OCH3 is 1. The van der Waals surface area contributed by atoms with Gasteiger partial charge < -0.3 is 47.7 Å². The fourth-order valence-corrected chi connectivity index (χ4v) is 5.99. The first-order chi connectivity index (χ1) is 23.7. The molecule has 18 nitrogen and oxygen atoms in total. The minimum absolute atomic E-state index is 0.0246. The minimum Gasteiger partial charge on any atom is -0.370 e. The Bertz CT molecular complexity index is 1380. The van der Waals surface area contributed by atoms with E-state index < -0.39 is 83.9 Å². The van der Waals surface area contributed by atoms with Crippen LogP contribution in [0.1, 0.15) is 31.7 Å². The number of benzene rings is 1. The fraction of sp³-hybridized carbons (Fsp3) is 0.548. The Labute approximate surface area is 294 Å². The molecule has 0 unspecified atom stereocenters. The Kier molecular flexibility index (Phi) is 17.1. The molecule has 50 heavy (non-hydrogen) atoms. The Morgan fingerprint density at radius 3 is 2.24 bits per heavy atom. The molecule has 1 saturated heterocycles. The Balaban J connectivity index is 2.14. The lowest BCUT2D eigenvalue weighted by atomic mass is 10.0. The van der Waals surface area contributed by atoms with Crippen LogP contribution in [-0.2, 0) is 49.5 Å². The number of rotatable bonds is 21. The van der Waals surface area contributed by atoms with E-state index in [2.05, 4.69) is 21.3 Å². The topological polar surface area (TPSA) is 278 Å². The number of primary amides is 3. The van der Waals surface area contributed by atoms with Gasteiger partial charge in [-0.3, -0.25) is 43.7 Å². The van der Waals surface area contributed by atoms with E-state index in [1.807, 2.05) is 0 Å². The molecule has 0 bridgehead atoms. The van der Waals surface area contributed by atoms with E-state index in [9.17, 15) is 38.4 Å². The molecule has 276 valence electrons. The number of ether oxygens (including phenoxy) is 1. The standard InChI is InChI=1S/C31H47N9O9S/c1-18(28(45)38-21(13-24(32)41)31(48)40-11-7-10-23(40)27(34)44)39(2)30(47)20(12-19-8-5-4-6-9-19)37-26(43)16-50-15-22(36-17-49-3)29(46)35-14-25(33)42/h4-6,8-9,18,20-23,36H,7,10-17H2,1-3H3,(H2,32,41)(H2,33,42)(H2,34,44)(H,35,46)(H,37,43)(H,38,45)/t18-,20-,21-,22-,23-/m0/s1. The second kappa shape index (κ2) is 20.7. The summed E-state index contributed by atoms with van der Waals surface area (Å²) in [4.78, 5) is 103. The van der Waals surface area contributed by atoms with Crippen molar-refractivity contribution in [1.82, 2.24) is 31.1 Å². The number of carbonyl (C=O) groups excluding carboxylic acids is 8. The van der Waals surface area contributed by atoms with Gasteiger partial charge >= 0.3 is 0 Å². The number of nitrogens with zero attached hydrogens (tertiary/aromatic N) is 2. The largest absolute Gasteiger partial charge is 0.370 e. The SMILES string of the molecule is COCN[C@@H](CSCC(=O)N[C@@H](Cc1ccccc1)C(=O)N(C)[C@@H](C)C(=O)N[C@@H](CC(N)=O)C(=O)N1CCC[C@H]1C(N)=O)C(=O)NCC(N)=O. The van der Waals surface area contributed by atoms with Crippen LogP contribution in [0.3, 0.4) is 0 Å². The van der Waals surface area contributed by atoms with E-state index in [1.165, 1.54) is 26.0 Å². The Hall–Kier alpha value is -4.75. The maximum Gasteiger partial charge on any atom is 0.246 e. The van der Waals surface area contributed by atoms with Crippen LogP contribution >= 0.6 is 11.8 Å². The fourth-order valence-electron chi connectivity index (χ4n) is 5.10. The Morgan fingerprint density at radius 2 is 1.64 bits per heavy atom. The first-order valence-electron chi connectivity index (χ1n) is 15.8. The van der Waals surface area contributed by atoms with Gasteiger partial charge in [0.2, 0.25) is 47.3 Å². The van der Waals surface area contributed by atoms with Crippen LogP contribution in [0.5, 0.6) is 0 Å². The highest BCUT2D eigenvalue weighted by molar-refractivity contribution is 8.00. The van der Waals surface area contributed by atoms with E-state index >= 15 is 0 Å². The number of carbonyl (C=O) groups is 8. The van der Waals surface area contributed by atoms with Gasteiger partial charge in [0.15, 0.2) is 0 Å². The predicted molar refractivity (Wildman–Crippen MR) is 182 cm³/mol. The van der Waals surface area contributed by atoms with E-state index in [-0.39, 0.29) is 37.7 Å². The summed E-state index contributed by atoms with van der Waals surface area (Å²) in [5, 5.41) is 10.4. The number of likely N-dealkylation sites (tertiary alicyclic amines) is 1. The van der Waals surface area contributed by atoms with Gasteiger partial charge in [-0.1, -0.05) is 30.3 Å². The zero-order valence-corrected chi connectivity index (χ0v) is 29.2. The van der Waals surface area contributed by atoms with Crippen molar-refractivity contribution in [2.45, 2.75) is 62.8 Å². The molecule has 0 aliphatic carbocycles. The third kappa shape index (κ3) is 13.3. The molecular weight excluding hydrogens is 674 g/mol. The monoisotopic (exact) mass is 721 g/mol. The van der Waals surface area contributed by atoms with Gasteiger partial charge in [-0.2, -0.15) is 0 Å². The summed E-state index contributed by atoms with van der Waals surface area (Å²) in [5.41, 5.74) is 16.6. The molecule has 10 N–H and O–H groups in total. The van der Waals surface area contributed by atoms with E-state index in [0.717, 1.165) is 22.2 Å². The van der Waals surface area contributed by atoms with Gasteiger partial charge in [-0.15, -0.1) is 11.8 Å². The number of amides is 8. The van der Waals surface area contributed by atoms with Crippen LogP contribution in [-0.4, -0.2) is 133 Å². The van der Waals surface area contributed by atoms with Gasteiger partial charge in [-0.05, 0) is 25.3 Å². The molecule has 1 aliphatic heterocycles. The maximum absolute atomic E-state index is 13.8. The summed E-state index contributed by atoms with van der Waals surface area (Å²) < 4.78 is 4.96. The van der Waals surface area contributed by atoms with E-state index in [0.29, 0.717) is 12.8 Å². The highest BCUT2D eigenvalue weighted by Crippen LogP contribution is 2.19. The lowest BCUT2D eigenvalue weighted by Gasteiger charge is -2.31. The summed E-state index contributed by atoms with van der Waals surface area (Å²) in [5.74, 6) is -5.48. The summed E-state index contributed by atoms with van der Waals surface area (Å²) >= 11 is 1.09. The normalized spacial score (nSPS) is 16.3. The molecule has 1 aromatic carbocycles. The number of thioether (sulfide) groups is 1. The van der Waals surface area contributed by atoms with Crippen molar-refractivity contribution in [2.75, 3.05) is 45.5 Å².